The van der Waals surface area contributed by atoms with Crippen LogP contribution in [0.2, 0.25) is 0 Å². The lowest BCUT2D eigenvalue weighted by Crippen LogP contribution is -2.19. The average Bonchev–Trinajstić information content (AvgIpc) is 3.20. The predicted octanol–water partition coefficient (Wildman–Crippen LogP) is 2.82. The summed E-state index contributed by atoms with van der Waals surface area (Å²) in [6.07, 6.45) is 7.33. The number of nitrogens with one attached hydrogen (secondary N) is 2. The summed E-state index contributed by atoms with van der Waals surface area (Å²) in [5.74, 6) is 0.416. The van der Waals surface area contributed by atoms with Crippen LogP contribution in [0.3, 0.4) is 0 Å². The molecule has 3 rings (SSSR count). The number of rotatable bonds is 6. The Labute approximate surface area is 127 Å². The number of pyridine rings is 1. The van der Waals surface area contributed by atoms with Crippen LogP contribution >= 0.6 is 11.3 Å². The molecule has 2 N–H and O–H groups in total. The van der Waals surface area contributed by atoms with Gasteiger partial charge >= 0.3 is 0 Å². The maximum atomic E-state index is 4.35. The first kappa shape index (κ1) is 13.9. The van der Waals surface area contributed by atoms with Gasteiger partial charge in [-0.1, -0.05) is 6.92 Å². The van der Waals surface area contributed by atoms with E-state index in [4.69, 9.17) is 0 Å². The average molecular weight is 299 g/mol. The van der Waals surface area contributed by atoms with Gasteiger partial charge in [0.15, 0.2) is 0 Å². The Kier molecular flexibility index (Phi) is 4.37. The molecule has 0 bridgehead atoms. The highest BCUT2D eigenvalue weighted by Gasteiger charge is 2.10. The first-order valence-corrected chi connectivity index (χ1v) is 7.75. The molecule has 6 heteroatoms. The minimum Gasteiger partial charge on any atom is -0.312 e. The molecule has 3 heterocycles. The van der Waals surface area contributed by atoms with E-state index in [0.29, 0.717) is 5.92 Å². The van der Waals surface area contributed by atoms with Crippen LogP contribution in [-0.4, -0.2) is 26.7 Å². The Morgan fingerprint density at radius 2 is 2.29 bits per heavy atom. The number of hydrogen-bond acceptors (Lipinski definition) is 5. The van der Waals surface area contributed by atoms with Crippen molar-refractivity contribution in [2.75, 3.05) is 6.54 Å². The Balaban J connectivity index is 1.61. The van der Waals surface area contributed by atoms with Gasteiger partial charge < -0.3 is 5.32 Å². The molecule has 21 heavy (non-hydrogen) atoms. The summed E-state index contributed by atoms with van der Waals surface area (Å²) in [5, 5.41) is 13.8. The first-order chi connectivity index (χ1) is 10.3. The lowest BCUT2D eigenvalue weighted by atomic mass is 10.1. The molecule has 0 fully saturated rings. The molecule has 0 aliphatic heterocycles. The number of thiazole rings is 1. The second kappa shape index (κ2) is 6.60. The van der Waals surface area contributed by atoms with Gasteiger partial charge in [0.05, 0.1) is 16.9 Å². The molecule has 0 radical (unpaired) electrons. The zero-order valence-electron chi connectivity index (χ0n) is 11.8. The summed E-state index contributed by atoms with van der Waals surface area (Å²) in [6.45, 7) is 3.85. The first-order valence-electron chi connectivity index (χ1n) is 6.87. The zero-order valence-corrected chi connectivity index (χ0v) is 12.6. The van der Waals surface area contributed by atoms with Gasteiger partial charge in [0.1, 0.15) is 0 Å². The summed E-state index contributed by atoms with van der Waals surface area (Å²) in [6, 6.07) is 3.96. The van der Waals surface area contributed by atoms with Crippen LogP contribution in [-0.2, 0) is 6.54 Å². The van der Waals surface area contributed by atoms with Crippen molar-refractivity contribution in [2.24, 2.45) is 0 Å². The topological polar surface area (TPSA) is 66.5 Å². The van der Waals surface area contributed by atoms with E-state index in [1.165, 1.54) is 5.01 Å². The minimum absolute atomic E-state index is 0.416. The lowest BCUT2D eigenvalue weighted by molar-refractivity contribution is 0.613. The highest BCUT2D eigenvalue weighted by Crippen LogP contribution is 2.20. The second-order valence-corrected chi connectivity index (χ2v) is 5.84. The predicted molar refractivity (Wildman–Crippen MR) is 84.1 cm³/mol. The molecule has 0 saturated heterocycles. The van der Waals surface area contributed by atoms with Crippen molar-refractivity contribution in [1.29, 1.82) is 0 Å². The van der Waals surface area contributed by atoms with Crippen molar-refractivity contribution in [3.8, 4) is 11.3 Å². The number of aromatic nitrogens is 4. The van der Waals surface area contributed by atoms with Crippen LogP contribution in [0.1, 0.15) is 23.4 Å². The highest BCUT2D eigenvalue weighted by molar-refractivity contribution is 7.09. The minimum atomic E-state index is 0.416. The Hall–Kier alpha value is -2.05. The maximum absolute atomic E-state index is 4.35. The van der Waals surface area contributed by atoms with E-state index >= 15 is 0 Å². The van der Waals surface area contributed by atoms with Gasteiger partial charge in [-0.15, -0.1) is 11.3 Å². The molecule has 0 saturated carbocycles. The fourth-order valence-corrected chi connectivity index (χ4v) is 2.89. The largest absolute Gasteiger partial charge is 0.312 e. The van der Waals surface area contributed by atoms with Gasteiger partial charge in [-0.3, -0.25) is 10.1 Å². The van der Waals surface area contributed by atoms with E-state index < -0.39 is 0 Å². The van der Waals surface area contributed by atoms with E-state index in [1.807, 2.05) is 36.1 Å². The molecule has 3 aromatic heterocycles. The fraction of sp³-hybridized carbons (Fsp3) is 0.267. The molecule has 1 unspecified atom stereocenters. The van der Waals surface area contributed by atoms with Crippen LogP contribution < -0.4 is 5.32 Å². The van der Waals surface area contributed by atoms with Crippen molar-refractivity contribution >= 4 is 11.3 Å². The third kappa shape index (κ3) is 3.34. The number of hydrogen-bond donors (Lipinski definition) is 2. The lowest BCUT2D eigenvalue weighted by Gasteiger charge is -2.10. The van der Waals surface area contributed by atoms with Gasteiger partial charge in [0.2, 0.25) is 0 Å². The SMILES string of the molecule is CC(CNCc1cn[nH]c1-c1cccnc1)c1nccs1. The quantitative estimate of drug-likeness (QED) is 0.734. The van der Waals surface area contributed by atoms with Crippen LogP contribution in [0.4, 0.5) is 0 Å². The molecule has 0 aliphatic rings. The molecular formula is C15H17N5S. The fourth-order valence-electron chi connectivity index (χ4n) is 2.19. The van der Waals surface area contributed by atoms with Crippen LogP contribution in [0.15, 0.2) is 42.3 Å². The molecule has 0 aromatic carbocycles. The highest BCUT2D eigenvalue weighted by atomic mass is 32.1. The summed E-state index contributed by atoms with van der Waals surface area (Å²) in [4.78, 5) is 8.50. The van der Waals surface area contributed by atoms with Crippen molar-refractivity contribution in [3.63, 3.8) is 0 Å². The molecular weight excluding hydrogens is 282 g/mol. The van der Waals surface area contributed by atoms with Crippen molar-refractivity contribution < 1.29 is 0 Å². The van der Waals surface area contributed by atoms with Crippen molar-refractivity contribution in [1.82, 2.24) is 25.5 Å². The van der Waals surface area contributed by atoms with Gasteiger partial charge in [-0.05, 0) is 12.1 Å². The smallest absolute Gasteiger partial charge is 0.0965 e. The molecule has 108 valence electrons. The number of H-pyrrole nitrogens is 1. The van der Waals surface area contributed by atoms with Crippen LogP contribution in [0.5, 0.6) is 0 Å². The molecule has 0 amide bonds. The van der Waals surface area contributed by atoms with Gasteiger partial charge in [-0.25, -0.2) is 4.98 Å². The molecule has 5 nitrogen and oxygen atoms in total. The van der Waals surface area contributed by atoms with E-state index in [9.17, 15) is 0 Å². The maximum Gasteiger partial charge on any atom is 0.0965 e. The monoisotopic (exact) mass is 299 g/mol. The Morgan fingerprint density at radius 3 is 3.05 bits per heavy atom. The summed E-state index contributed by atoms with van der Waals surface area (Å²) in [5.41, 5.74) is 3.23. The van der Waals surface area contributed by atoms with Gasteiger partial charge in [-0.2, -0.15) is 5.10 Å². The van der Waals surface area contributed by atoms with E-state index in [1.54, 1.807) is 17.5 Å². The third-order valence-corrected chi connectivity index (χ3v) is 4.31. The standard InChI is InChI=1S/C15H17N5S/c1-11(15-18-5-6-21-15)7-17-9-13-10-19-20-14(13)12-3-2-4-16-8-12/h2-6,8,10-11,17H,7,9H2,1H3,(H,19,20). The van der Waals surface area contributed by atoms with E-state index in [2.05, 4.69) is 32.4 Å². The van der Waals surface area contributed by atoms with E-state index in [-0.39, 0.29) is 0 Å². The van der Waals surface area contributed by atoms with Gasteiger partial charge in [0, 0.05) is 54.1 Å². The van der Waals surface area contributed by atoms with Gasteiger partial charge in [0.25, 0.3) is 0 Å². The number of aromatic amines is 1. The summed E-state index contributed by atoms with van der Waals surface area (Å²) < 4.78 is 0. The van der Waals surface area contributed by atoms with Crippen LogP contribution in [0, 0.1) is 0 Å². The molecule has 3 aromatic rings. The Morgan fingerprint density at radius 1 is 1.33 bits per heavy atom. The normalized spacial score (nSPS) is 12.4. The molecule has 1 atom stereocenters. The van der Waals surface area contributed by atoms with Crippen molar-refractivity contribution in [2.45, 2.75) is 19.4 Å². The molecule has 0 spiro atoms. The Bertz CT molecular complexity index is 662. The third-order valence-electron chi connectivity index (χ3n) is 3.31. The van der Waals surface area contributed by atoms with Crippen molar-refractivity contribution in [3.05, 3.63) is 52.9 Å². The number of nitrogens with zero attached hydrogens (tertiary/aromatic N) is 3. The second-order valence-electron chi connectivity index (χ2n) is 4.91. The van der Waals surface area contributed by atoms with Crippen LogP contribution in [0.25, 0.3) is 11.3 Å². The zero-order chi connectivity index (χ0) is 14.5. The summed E-state index contributed by atoms with van der Waals surface area (Å²) in [7, 11) is 0. The molecule has 0 aliphatic carbocycles. The summed E-state index contributed by atoms with van der Waals surface area (Å²) >= 11 is 1.70. The van der Waals surface area contributed by atoms with E-state index in [0.717, 1.165) is 29.9 Å².